The summed E-state index contributed by atoms with van der Waals surface area (Å²) >= 11 is 1.62. The van der Waals surface area contributed by atoms with Crippen molar-refractivity contribution in [2.24, 2.45) is 0 Å². The van der Waals surface area contributed by atoms with E-state index in [2.05, 4.69) is 10.2 Å². The molecule has 0 saturated heterocycles. The van der Waals surface area contributed by atoms with E-state index in [-0.39, 0.29) is 24.4 Å². The maximum Gasteiger partial charge on any atom is 0.306 e. The second-order valence-electron chi connectivity index (χ2n) is 4.22. The normalized spacial score (nSPS) is 10.7. The molecular weight excluding hydrogens is 292 g/mol. The zero-order valence-electron chi connectivity index (χ0n) is 11.0. The van der Waals surface area contributed by atoms with Gasteiger partial charge in [-0.3, -0.25) is 4.79 Å². The lowest BCUT2D eigenvalue weighted by Gasteiger charge is -2.00. The van der Waals surface area contributed by atoms with Crippen molar-refractivity contribution in [3.63, 3.8) is 0 Å². The van der Waals surface area contributed by atoms with Gasteiger partial charge in [-0.15, -0.1) is 21.5 Å². The van der Waals surface area contributed by atoms with E-state index in [1.54, 1.807) is 23.5 Å². The van der Waals surface area contributed by atoms with Gasteiger partial charge in [-0.1, -0.05) is 6.07 Å². The Morgan fingerprint density at radius 3 is 3.00 bits per heavy atom. The second kappa shape index (κ2) is 6.36. The lowest BCUT2D eigenvalue weighted by Crippen LogP contribution is -2.05. The number of carbonyl (C=O) groups is 1. The molecule has 0 spiro atoms. The van der Waals surface area contributed by atoms with Crippen LogP contribution in [0.15, 0.2) is 44.7 Å². The van der Waals surface area contributed by atoms with Crippen molar-refractivity contribution in [3.05, 3.63) is 46.7 Å². The van der Waals surface area contributed by atoms with Crippen LogP contribution in [0.5, 0.6) is 0 Å². The Hall–Kier alpha value is -2.41. The van der Waals surface area contributed by atoms with Gasteiger partial charge >= 0.3 is 5.97 Å². The molecule has 0 radical (unpaired) electrons. The molecule has 0 aliphatic heterocycles. The number of ether oxygens (including phenoxy) is 1. The van der Waals surface area contributed by atoms with Crippen LogP contribution in [0.4, 0.5) is 0 Å². The van der Waals surface area contributed by atoms with Crippen molar-refractivity contribution < 1.29 is 18.4 Å². The lowest BCUT2D eigenvalue weighted by atomic mass is 10.3. The molecule has 3 aromatic heterocycles. The summed E-state index contributed by atoms with van der Waals surface area (Å²) in [4.78, 5) is 12.8. The van der Waals surface area contributed by atoms with Gasteiger partial charge in [0.15, 0.2) is 12.4 Å². The molecule has 0 N–H and O–H groups in total. The molecule has 7 heteroatoms. The van der Waals surface area contributed by atoms with Crippen LogP contribution in [-0.2, 0) is 22.6 Å². The van der Waals surface area contributed by atoms with Crippen LogP contribution in [0.1, 0.15) is 17.2 Å². The largest absolute Gasteiger partial charge is 0.459 e. The average Bonchev–Trinajstić information content (AvgIpc) is 3.24. The highest BCUT2D eigenvalue weighted by atomic mass is 32.1. The monoisotopic (exact) mass is 304 g/mol. The van der Waals surface area contributed by atoms with Crippen molar-refractivity contribution in [1.82, 2.24) is 10.2 Å². The summed E-state index contributed by atoms with van der Waals surface area (Å²) < 4.78 is 15.6. The first-order valence-corrected chi connectivity index (χ1v) is 7.23. The lowest BCUT2D eigenvalue weighted by molar-refractivity contribution is -0.145. The van der Waals surface area contributed by atoms with Crippen LogP contribution in [-0.4, -0.2) is 16.2 Å². The summed E-state index contributed by atoms with van der Waals surface area (Å²) in [7, 11) is 0. The third kappa shape index (κ3) is 3.57. The standard InChI is InChI=1S/C14H12N2O4S/c17-13(6-5-10-3-2-8-21-10)19-9-12-15-16-14(20-12)11-4-1-7-18-11/h1-4,7-8H,5-6,9H2. The molecule has 0 aliphatic carbocycles. The van der Waals surface area contributed by atoms with Crippen LogP contribution < -0.4 is 0 Å². The zero-order valence-corrected chi connectivity index (χ0v) is 11.8. The van der Waals surface area contributed by atoms with E-state index in [4.69, 9.17) is 13.6 Å². The van der Waals surface area contributed by atoms with Crippen molar-refractivity contribution in [2.75, 3.05) is 0 Å². The summed E-state index contributed by atoms with van der Waals surface area (Å²) in [5.41, 5.74) is 0. The molecule has 3 heterocycles. The highest BCUT2D eigenvalue weighted by Gasteiger charge is 2.12. The van der Waals surface area contributed by atoms with Gasteiger partial charge in [0.2, 0.25) is 0 Å². The maximum absolute atomic E-state index is 11.6. The van der Waals surface area contributed by atoms with Crippen LogP contribution in [0.2, 0.25) is 0 Å². The van der Waals surface area contributed by atoms with E-state index in [0.717, 1.165) is 4.88 Å². The summed E-state index contributed by atoms with van der Waals surface area (Å²) in [5, 5.41) is 9.61. The van der Waals surface area contributed by atoms with Crippen molar-refractivity contribution in [1.29, 1.82) is 0 Å². The summed E-state index contributed by atoms with van der Waals surface area (Å²) in [6.07, 6.45) is 2.53. The van der Waals surface area contributed by atoms with Crippen molar-refractivity contribution in [3.8, 4) is 11.7 Å². The van der Waals surface area contributed by atoms with Gasteiger partial charge in [0, 0.05) is 4.88 Å². The Balaban J connectivity index is 1.47. The fourth-order valence-corrected chi connectivity index (χ4v) is 2.42. The molecule has 3 rings (SSSR count). The van der Waals surface area contributed by atoms with E-state index in [9.17, 15) is 4.79 Å². The molecule has 0 amide bonds. The second-order valence-corrected chi connectivity index (χ2v) is 5.25. The Kier molecular flexibility index (Phi) is 4.11. The van der Waals surface area contributed by atoms with Crippen LogP contribution >= 0.6 is 11.3 Å². The van der Waals surface area contributed by atoms with E-state index in [1.165, 1.54) is 6.26 Å². The molecule has 0 atom stereocenters. The van der Waals surface area contributed by atoms with Gasteiger partial charge in [0.1, 0.15) is 0 Å². The minimum atomic E-state index is -0.291. The summed E-state index contributed by atoms with van der Waals surface area (Å²) in [6, 6.07) is 7.39. The molecule has 0 saturated carbocycles. The third-order valence-electron chi connectivity index (χ3n) is 2.71. The Bertz CT molecular complexity index is 688. The Morgan fingerprint density at radius 1 is 1.29 bits per heavy atom. The fourth-order valence-electron chi connectivity index (χ4n) is 1.71. The highest BCUT2D eigenvalue weighted by Crippen LogP contribution is 2.18. The third-order valence-corrected chi connectivity index (χ3v) is 3.65. The Labute approximate surface area is 124 Å². The van der Waals surface area contributed by atoms with Gasteiger partial charge in [-0.2, -0.15) is 0 Å². The summed E-state index contributed by atoms with van der Waals surface area (Å²) in [5.74, 6) is 0.703. The molecule has 0 fully saturated rings. The summed E-state index contributed by atoms with van der Waals surface area (Å²) in [6.45, 7) is -0.0308. The van der Waals surface area contributed by atoms with E-state index in [1.807, 2.05) is 17.5 Å². The topological polar surface area (TPSA) is 78.4 Å². The number of hydrogen-bond donors (Lipinski definition) is 0. The first-order chi connectivity index (χ1) is 10.3. The van der Waals surface area contributed by atoms with Crippen LogP contribution in [0.25, 0.3) is 11.7 Å². The molecule has 0 unspecified atom stereocenters. The van der Waals surface area contributed by atoms with Gasteiger partial charge in [-0.25, -0.2) is 0 Å². The van der Waals surface area contributed by atoms with Gasteiger partial charge in [0.25, 0.3) is 11.8 Å². The predicted molar refractivity (Wildman–Crippen MR) is 74.4 cm³/mol. The smallest absolute Gasteiger partial charge is 0.306 e. The van der Waals surface area contributed by atoms with Crippen molar-refractivity contribution in [2.45, 2.75) is 19.4 Å². The van der Waals surface area contributed by atoms with E-state index in [0.29, 0.717) is 18.6 Å². The predicted octanol–water partition coefficient (Wildman–Crippen LogP) is 3.07. The first kappa shape index (κ1) is 13.6. The maximum atomic E-state index is 11.6. The number of aromatic nitrogens is 2. The molecule has 0 bridgehead atoms. The average molecular weight is 304 g/mol. The minimum Gasteiger partial charge on any atom is -0.459 e. The SMILES string of the molecule is O=C(CCc1cccs1)OCc1nnc(-c2ccco2)o1. The number of esters is 1. The molecule has 6 nitrogen and oxygen atoms in total. The number of nitrogens with zero attached hydrogens (tertiary/aromatic N) is 2. The first-order valence-electron chi connectivity index (χ1n) is 6.35. The van der Waals surface area contributed by atoms with E-state index >= 15 is 0 Å². The molecular formula is C14H12N2O4S. The molecule has 21 heavy (non-hydrogen) atoms. The number of furan rings is 1. The minimum absolute atomic E-state index is 0.0308. The number of carbonyl (C=O) groups excluding carboxylic acids is 1. The van der Waals surface area contributed by atoms with Gasteiger partial charge in [-0.05, 0) is 30.0 Å². The molecule has 0 aliphatic rings. The number of aryl methyl sites for hydroxylation is 1. The van der Waals surface area contributed by atoms with Crippen molar-refractivity contribution >= 4 is 17.3 Å². The van der Waals surface area contributed by atoms with Gasteiger partial charge in [0.05, 0.1) is 12.7 Å². The quantitative estimate of drug-likeness (QED) is 0.651. The number of hydrogen-bond acceptors (Lipinski definition) is 7. The molecule has 0 aromatic carbocycles. The highest BCUT2D eigenvalue weighted by molar-refractivity contribution is 7.09. The number of thiophene rings is 1. The van der Waals surface area contributed by atoms with Gasteiger partial charge < -0.3 is 13.6 Å². The Morgan fingerprint density at radius 2 is 2.24 bits per heavy atom. The van der Waals surface area contributed by atoms with E-state index < -0.39 is 0 Å². The van der Waals surface area contributed by atoms with Crippen LogP contribution in [0, 0.1) is 0 Å². The van der Waals surface area contributed by atoms with Crippen LogP contribution in [0.3, 0.4) is 0 Å². The number of rotatable bonds is 6. The molecule has 108 valence electrons. The fraction of sp³-hybridized carbons (Fsp3) is 0.214. The zero-order chi connectivity index (χ0) is 14.5. The molecule has 3 aromatic rings.